The zero-order valence-corrected chi connectivity index (χ0v) is 17.6. The highest BCUT2D eigenvalue weighted by Gasteiger charge is 2.20. The summed E-state index contributed by atoms with van der Waals surface area (Å²) in [6.07, 6.45) is 0. The second-order valence-corrected chi connectivity index (χ2v) is 7.21. The minimum absolute atomic E-state index is 0.0904. The lowest BCUT2D eigenvalue weighted by Crippen LogP contribution is -2.06. The molecule has 4 aromatic rings. The molecule has 0 atom stereocenters. The van der Waals surface area contributed by atoms with E-state index in [4.69, 9.17) is 4.42 Å². The summed E-state index contributed by atoms with van der Waals surface area (Å²) in [7, 11) is 0. The molecule has 0 aliphatic carbocycles. The molecule has 1 aromatic heterocycles. The highest BCUT2D eigenvalue weighted by molar-refractivity contribution is 6.12. The fourth-order valence-corrected chi connectivity index (χ4v) is 3.50. The normalized spacial score (nSPS) is 11.4. The molecule has 0 unspecified atom stereocenters. The monoisotopic (exact) mass is 460 g/mol. The number of fused-ring (bicyclic) bond motifs is 1. The van der Waals surface area contributed by atoms with Gasteiger partial charge in [0.25, 0.3) is 5.69 Å². The zero-order chi connectivity index (χ0) is 24.4. The van der Waals surface area contributed by atoms with Gasteiger partial charge in [-0.2, -0.15) is 5.10 Å². The number of nitro benzene ring substituents is 2. The molecule has 170 valence electrons. The van der Waals surface area contributed by atoms with Gasteiger partial charge in [0.2, 0.25) is 0 Å². The van der Waals surface area contributed by atoms with Gasteiger partial charge in [-0.25, -0.2) is 4.79 Å². The average Bonchev–Trinajstić information content (AvgIpc) is 2.82. The van der Waals surface area contributed by atoms with Gasteiger partial charge in [0.15, 0.2) is 5.58 Å². The van der Waals surface area contributed by atoms with Crippen molar-refractivity contribution in [3.05, 3.63) is 103 Å². The van der Waals surface area contributed by atoms with Crippen LogP contribution < -0.4 is 11.1 Å². The van der Waals surface area contributed by atoms with Gasteiger partial charge in [0.05, 0.1) is 27.2 Å². The van der Waals surface area contributed by atoms with Gasteiger partial charge in [-0.1, -0.05) is 30.3 Å². The number of nitrogens with zero attached hydrogens (tertiary/aromatic N) is 3. The number of hydrogen-bond donors (Lipinski definition) is 2. The molecule has 1 heterocycles. The molecular weight excluding hydrogens is 444 g/mol. The number of hydrogen-bond acceptors (Lipinski definition) is 9. The van der Waals surface area contributed by atoms with Crippen LogP contribution in [-0.2, 0) is 0 Å². The number of non-ortho nitro benzene ring substituents is 1. The summed E-state index contributed by atoms with van der Waals surface area (Å²) in [6, 6.07) is 16.6. The molecule has 0 bridgehead atoms. The van der Waals surface area contributed by atoms with Crippen LogP contribution in [0.3, 0.4) is 0 Å². The molecule has 34 heavy (non-hydrogen) atoms. The Morgan fingerprint density at radius 1 is 1.00 bits per heavy atom. The third-order valence-corrected chi connectivity index (χ3v) is 5.07. The molecule has 2 N–H and O–H groups in total. The molecular formula is C23H16N4O7. The van der Waals surface area contributed by atoms with Crippen LogP contribution in [0.4, 0.5) is 17.1 Å². The average molecular weight is 460 g/mol. The molecule has 0 fully saturated rings. The smallest absolute Gasteiger partial charge is 0.336 e. The summed E-state index contributed by atoms with van der Waals surface area (Å²) in [4.78, 5) is 33.1. The fourth-order valence-electron chi connectivity index (χ4n) is 3.50. The maximum absolute atomic E-state index is 12.3. The maximum atomic E-state index is 12.3. The van der Waals surface area contributed by atoms with E-state index < -0.39 is 26.8 Å². The Kier molecular flexibility index (Phi) is 5.75. The SMILES string of the molecule is C/C(=N\Nc1ccc([N+](=O)[O-])cc1[N+](=O)[O-])c1c(O)ccc2c(-c3ccccc3)cc(=O)oc12. The molecule has 0 aliphatic rings. The molecule has 3 aromatic carbocycles. The van der Waals surface area contributed by atoms with Crippen molar-refractivity contribution in [3.8, 4) is 16.9 Å². The van der Waals surface area contributed by atoms with E-state index in [1.54, 1.807) is 6.07 Å². The molecule has 0 saturated carbocycles. The number of nitrogens with one attached hydrogen (secondary N) is 1. The number of rotatable bonds is 6. The molecule has 11 nitrogen and oxygen atoms in total. The largest absolute Gasteiger partial charge is 0.507 e. The van der Waals surface area contributed by atoms with Crippen molar-refractivity contribution >= 4 is 33.7 Å². The Morgan fingerprint density at radius 2 is 1.74 bits per heavy atom. The molecule has 0 spiro atoms. The Labute approximate surface area is 190 Å². The number of phenols is 1. The van der Waals surface area contributed by atoms with E-state index in [1.807, 2.05) is 30.3 Å². The van der Waals surface area contributed by atoms with E-state index in [2.05, 4.69) is 10.5 Å². The predicted octanol–water partition coefficient (Wildman–Crippen LogP) is 4.82. The van der Waals surface area contributed by atoms with Gasteiger partial charge in [0, 0.05) is 17.5 Å². The van der Waals surface area contributed by atoms with Crippen LogP contribution in [0.1, 0.15) is 12.5 Å². The van der Waals surface area contributed by atoms with Crippen LogP contribution in [0.5, 0.6) is 5.75 Å². The highest BCUT2D eigenvalue weighted by Crippen LogP contribution is 2.34. The second-order valence-electron chi connectivity index (χ2n) is 7.21. The summed E-state index contributed by atoms with van der Waals surface area (Å²) >= 11 is 0. The summed E-state index contributed by atoms with van der Waals surface area (Å²) < 4.78 is 5.41. The lowest BCUT2D eigenvalue weighted by Gasteiger charge is -2.11. The van der Waals surface area contributed by atoms with Crippen molar-refractivity contribution < 1.29 is 19.4 Å². The minimum atomic E-state index is -0.777. The van der Waals surface area contributed by atoms with Crippen molar-refractivity contribution in [2.24, 2.45) is 5.10 Å². The standard InChI is InChI=1S/C23H16N4O7/c1-13(24-25-18-9-7-15(26(30)31)11-19(18)27(32)33)22-20(28)10-8-16-17(12-21(29)34-23(16)22)14-5-3-2-4-6-14/h2-12,25,28H,1H3/b24-13+. The zero-order valence-electron chi connectivity index (χ0n) is 17.6. The maximum Gasteiger partial charge on any atom is 0.336 e. The first-order valence-corrected chi connectivity index (χ1v) is 9.85. The summed E-state index contributed by atoms with van der Waals surface area (Å²) in [5, 5.41) is 37.4. The van der Waals surface area contributed by atoms with E-state index in [1.165, 1.54) is 19.1 Å². The Morgan fingerprint density at radius 3 is 2.41 bits per heavy atom. The van der Waals surface area contributed by atoms with Gasteiger partial charge in [0.1, 0.15) is 11.4 Å². The Bertz CT molecular complexity index is 1530. The number of aromatic hydroxyl groups is 1. The predicted molar refractivity (Wildman–Crippen MR) is 125 cm³/mol. The van der Waals surface area contributed by atoms with E-state index in [9.17, 15) is 30.1 Å². The highest BCUT2D eigenvalue weighted by atomic mass is 16.6. The van der Waals surface area contributed by atoms with Crippen molar-refractivity contribution in [2.75, 3.05) is 5.43 Å². The van der Waals surface area contributed by atoms with Gasteiger partial charge >= 0.3 is 11.3 Å². The second kappa shape index (κ2) is 8.82. The quantitative estimate of drug-likeness (QED) is 0.179. The van der Waals surface area contributed by atoms with Crippen molar-refractivity contribution in [3.63, 3.8) is 0 Å². The van der Waals surface area contributed by atoms with E-state index in [0.717, 1.165) is 23.8 Å². The number of phenolic OH excluding ortho intramolecular Hbond substituents is 1. The number of hydrazone groups is 1. The number of nitro groups is 2. The molecule has 0 radical (unpaired) electrons. The van der Waals surface area contributed by atoms with E-state index in [0.29, 0.717) is 10.9 Å². The van der Waals surface area contributed by atoms with Crippen LogP contribution >= 0.6 is 0 Å². The summed E-state index contributed by atoms with van der Waals surface area (Å²) in [6.45, 7) is 1.51. The van der Waals surface area contributed by atoms with Crippen LogP contribution in [0.25, 0.3) is 22.1 Å². The third-order valence-electron chi connectivity index (χ3n) is 5.07. The molecule has 11 heteroatoms. The van der Waals surface area contributed by atoms with Crippen molar-refractivity contribution in [1.29, 1.82) is 0 Å². The first-order chi connectivity index (χ1) is 16.3. The van der Waals surface area contributed by atoms with Crippen LogP contribution in [0, 0.1) is 20.2 Å². The third kappa shape index (κ3) is 4.17. The van der Waals surface area contributed by atoms with Crippen LogP contribution in [0.15, 0.2) is 81.0 Å². The minimum Gasteiger partial charge on any atom is -0.507 e. The van der Waals surface area contributed by atoms with Crippen molar-refractivity contribution in [1.82, 2.24) is 0 Å². The van der Waals surface area contributed by atoms with Crippen LogP contribution in [0.2, 0.25) is 0 Å². The lowest BCUT2D eigenvalue weighted by molar-refractivity contribution is -0.393. The summed E-state index contributed by atoms with van der Waals surface area (Å²) in [5.41, 5.74) is 2.51. The molecule has 0 amide bonds. The topological polar surface area (TPSA) is 161 Å². The van der Waals surface area contributed by atoms with Gasteiger partial charge < -0.3 is 9.52 Å². The Balaban J connectivity index is 1.82. The lowest BCUT2D eigenvalue weighted by atomic mass is 9.98. The van der Waals surface area contributed by atoms with E-state index >= 15 is 0 Å². The van der Waals surface area contributed by atoms with Crippen LogP contribution in [-0.4, -0.2) is 20.7 Å². The van der Waals surface area contributed by atoms with Gasteiger partial charge in [-0.15, -0.1) is 0 Å². The number of anilines is 1. The fraction of sp³-hybridized carbons (Fsp3) is 0.0435. The molecule has 0 aliphatic heterocycles. The first-order valence-electron chi connectivity index (χ1n) is 9.85. The van der Waals surface area contributed by atoms with Crippen molar-refractivity contribution in [2.45, 2.75) is 6.92 Å². The number of benzene rings is 3. The molecule has 0 saturated heterocycles. The molecule has 4 rings (SSSR count). The van der Waals surface area contributed by atoms with Gasteiger partial charge in [-0.05, 0) is 36.2 Å². The Hall–Kier alpha value is -5.06. The summed E-state index contributed by atoms with van der Waals surface area (Å²) in [5.74, 6) is -0.220. The van der Waals surface area contributed by atoms with Gasteiger partial charge in [-0.3, -0.25) is 25.7 Å². The van der Waals surface area contributed by atoms with E-state index in [-0.39, 0.29) is 28.3 Å². The first kappa shape index (κ1) is 22.1.